The minimum atomic E-state index is -3.71. The number of carbonyl (C=O) groups is 1. The lowest BCUT2D eigenvalue weighted by Crippen LogP contribution is -2.18. The molecule has 1 aromatic heterocycles. The molecule has 0 spiro atoms. The Morgan fingerprint density at radius 2 is 1.79 bits per heavy atom. The normalized spacial score (nSPS) is 11.5. The topological polar surface area (TPSA) is 77.4 Å². The minimum absolute atomic E-state index is 0.0563. The average molecular weight is 483 g/mol. The Kier molecular flexibility index (Phi) is 6.44. The summed E-state index contributed by atoms with van der Waals surface area (Å²) in [5.74, 6) is 0.0249. The Morgan fingerprint density at radius 1 is 1.06 bits per heavy atom. The van der Waals surface area contributed by atoms with Crippen LogP contribution in [-0.2, 0) is 26.9 Å². The van der Waals surface area contributed by atoms with Crippen LogP contribution in [-0.4, -0.2) is 26.0 Å². The van der Waals surface area contributed by atoms with Crippen molar-refractivity contribution in [2.24, 2.45) is 0 Å². The van der Waals surface area contributed by atoms with Gasteiger partial charge in [-0.3, -0.25) is 4.79 Å². The predicted molar refractivity (Wildman–Crippen MR) is 131 cm³/mol. The molecule has 0 saturated heterocycles. The molecule has 0 bridgehead atoms. The molecule has 1 heterocycles. The molecule has 0 fully saturated rings. The fourth-order valence-electron chi connectivity index (χ4n) is 3.75. The maximum absolute atomic E-state index is 13.3. The molecule has 3 aromatic carbocycles. The van der Waals surface area contributed by atoms with Gasteiger partial charge in [-0.1, -0.05) is 54.1 Å². The zero-order valence-corrected chi connectivity index (χ0v) is 19.8. The van der Waals surface area contributed by atoms with Crippen molar-refractivity contribution in [3.8, 4) is 5.75 Å². The van der Waals surface area contributed by atoms with Crippen LogP contribution in [0.4, 0.5) is 5.69 Å². The monoisotopic (exact) mass is 482 g/mol. The second-order valence-corrected chi connectivity index (χ2v) is 10.1. The maximum atomic E-state index is 13.3. The first-order valence-electron chi connectivity index (χ1n) is 10.3. The van der Waals surface area contributed by atoms with Gasteiger partial charge in [0.25, 0.3) is 0 Å². The van der Waals surface area contributed by atoms with Crippen LogP contribution in [0.15, 0.2) is 77.8 Å². The summed E-state index contributed by atoms with van der Waals surface area (Å²) in [5, 5.41) is 3.82. The van der Waals surface area contributed by atoms with Gasteiger partial charge in [-0.15, -0.1) is 0 Å². The highest BCUT2D eigenvalue weighted by Crippen LogP contribution is 2.30. The lowest BCUT2D eigenvalue weighted by atomic mass is 10.2. The quantitative estimate of drug-likeness (QED) is 0.391. The Morgan fingerprint density at radius 3 is 2.55 bits per heavy atom. The van der Waals surface area contributed by atoms with Gasteiger partial charge in [0.1, 0.15) is 12.3 Å². The number of methoxy groups -OCH3 is 1. The number of ether oxygens (including phenoxy) is 1. The summed E-state index contributed by atoms with van der Waals surface area (Å²) in [7, 11) is -2.17. The number of amides is 1. The largest absolute Gasteiger partial charge is 0.495 e. The number of halogens is 1. The Hall–Kier alpha value is -3.29. The van der Waals surface area contributed by atoms with Crippen molar-refractivity contribution < 1.29 is 17.9 Å². The van der Waals surface area contributed by atoms with E-state index in [0.717, 1.165) is 5.56 Å². The number of fused-ring (bicyclic) bond motifs is 1. The Labute approximate surface area is 197 Å². The van der Waals surface area contributed by atoms with Crippen LogP contribution in [0.1, 0.15) is 11.1 Å². The molecule has 0 aliphatic heterocycles. The fraction of sp³-hybridized carbons (Fsp3) is 0.160. The minimum Gasteiger partial charge on any atom is -0.495 e. The molecule has 1 amide bonds. The van der Waals surface area contributed by atoms with Crippen LogP contribution in [0.5, 0.6) is 5.75 Å². The smallest absolute Gasteiger partial charge is 0.244 e. The summed E-state index contributed by atoms with van der Waals surface area (Å²) in [5.41, 5.74) is 2.72. The highest BCUT2D eigenvalue weighted by atomic mass is 35.5. The maximum Gasteiger partial charge on any atom is 0.244 e. The highest BCUT2D eigenvalue weighted by Gasteiger charge is 2.23. The van der Waals surface area contributed by atoms with E-state index in [1.54, 1.807) is 53.1 Å². The van der Waals surface area contributed by atoms with Crippen LogP contribution < -0.4 is 10.1 Å². The summed E-state index contributed by atoms with van der Waals surface area (Å²) in [4.78, 5) is 13.0. The molecule has 8 heteroatoms. The van der Waals surface area contributed by atoms with Crippen molar-refractivity contribution in [1.82, 2.24) is 4.57 Å². The van der Waals surface area contributed by atoms with Crippen LogP contribution in [0.3, 0.4) is 0 Å². The standard InChI is InChI=1S/C25H23ClN2O4S/c1-17-11-12-23(32-2)21(13-17)27-25(29)15-28-14-24(19-8-4-6-10-22(19)28)33(30,31)16-18-7-3-5-9-20(18)26/h3-14H,15-16H2,1-2H3,(H,27,29). The lowest BCUT2D eigenvalue weighted by Gasteiger charge is -2.12. The first-order chi connectivity index (χ1) is 15.8. The van der Waals surface area contributed by atoms with E-state index in [1.165, 1.54) is 13.3 Å². The van der Waals surface area contributed by atoms with E-state index in [4.69, 9.17) is 16.3 Å². The molecule has 0 unspecified atom stereocenters. The van der Waals surface area contributed by atoms with Gasteiger partial charge in [-0.2, -0.15) is 0 Å². The second kappa shape index (κ2) is 9.29. The molecule has 0 aliphatic rings. The first-order valence-corrected chi connectivity index (χ1v) is 12.3. The third-order valence-corrected chi connectivity index (χ3v) is 7.39. The molecular weight excluding hydrogens is 460 g/mol. The third-order valence-electron chi connectivity index (χ3n) is 5.33. The summed E-state index contributed by atoms with van der Waals surface area (Å²) in [6.45, 7) is 1.86. The molecule has 170 valence electrons. The second-order valence-electron chi connectivity index (χ2n) is 7.74. The summed E-state index contributed by atoms with van der Waals surface area (Å²) >= 11 is 6.19. The number of nitrogens with one attached hydrogen (secondary N) is 1. The van der Waals surface area contributed by atoms with Crippen molar-refractivity contribution in [2.75, 3.05) is 12.4 Å². The van der Waals surface area contributed by atoms with E-state index in [-0.39, 0.29) is 23.1 Å². The van der Waals surface area contributed by atoms with Gasteiger partial charge in [-0.05, 0) is 42.3 Å². The van der Waals surface area contributed by atoms with Gasteiger partial charge in [-0.25, -0.2) is 8.42 Å². The summed E-state index contributed by atoms with van der Waals surface area (Å²) in [6.07, 6.45) is 1.52. The van der Waals surface area contributed by atoms with Gasteiger partial charge >= 0.3 is 0 Å². The van der Waals surface area contributed by atoms with E-state index >= 15 is 0 Å². The van der Waals surface area contributed by atoms with Crippen molar-refractivity contribution in [2.45, 2.75) is 24.1 Å². The van der Waals surface area contributed by atoms with Crippen molar-refractivity contribution in [3.63, 3.8) is 0 Å². The van der Waals surface area contributed by atoms with E-state index in [2.05, 4.69) is 5.32 Å². The van der Waals surface area contributed by atoms with Gasteiger partial charge in [0, 0.05) is 22.1 Å². The Bertz CT molecular complexity index is 1440. The lowest BCUT2D eigenvalue weighted by molar-refractivity contribution is -0.116. The van der Waals surface area contributed by atoms with Crippen LogP contribution in [0, 0.1) is 6.92 Å². The van der Waals surface area contributed by atoms with E-state index in [0.29, 0.717) is 32.9 Å². The zero-order valence-electron chi connectivity index (χ0n) is 18.2. The summed E-state index contributed by atoms with van der Waals surface area (Å²) in [6, 6.07) is 19.5. The third kappa shape index (κ3) is 4.89. The molecule has 0 saturated carbocycles. The van der Waals surface area contributed by atoms with Gasteiger partial charge in [0.05, 0.1) is 23.4 Å². The van der Waals surface area contributed by atoms with Gasteiger partial charge in [0.15, 0.2) is 9.84 Å². The molecule has 0 radical (unpaired) electrons. The number of nitrogens with zero attached hydrogens (tertiary/aromatic N) is 1. The van der Waals surface area contributed by atoms with E-state index < -0.39 is 9.84 Å². The van der Waals surface area contributed by atoms with Crippen LogP contribution in [0.25, 0.3) is 10.9 Å². The molecule has 4 rings (SSSR count). The number of carbonyl (C=O) groups excluding carboxylic acids is 1. The Balaban J connectivity index is 1.66. The fourth-order valence-corrected chi connectivity index (χ4v) is 5.65. The number of para-hydroxylation sites is 1. The predicted octanol–water partition coefficient (Wildman–Crippen LogP) is 5.22. The number of sulfone groups is 1. The number of rotatable bonds is 7. The van der Waals surface area contributed by atoms with Crippen molar-refractivity contribution >= 4 is 43.9 Å². The zero-order chi connectivity index (χ0) is 23.6. The van der Waals surface area contributed by atoms with Crippen molar-refractivity contribution in [3.05, 3.63) is 89.1 Å². The van der Waals surface area contributed by atoms with Gasteiger partial charge in [0.2, 0.25) is 5.91 Å². The highest BCUT2D eigenvalue weighted by molar-refractivity contribution is 7.90. The molecule has 0 atom stereocenters. The number of hydrogen-bond acceptors (Lipinski definition) is 4. The number of benzene rings is 3. The SMILES string of the molecule is COc1ccc(C)cc1NC(=O)Cn1cc(S(=O)(=O)Cc2ccccc2Cl)c2ccccc21. The molecule has 4 aromatic rings. The number of anilines is 1. The van der Waals surface area contributed by atoms with Crippen molar-refractivity contribution in [1.29, 1.82) is 0 Å². The molecule has 6 nitrogen and oxygen atoms in total. The van der Waals surface area contributed by atoms with Gasteiger partial charge < -0.3 is 14.6 Å². The van der Waals surface area contributed by atoms with Crippen LogP contribution in [0.2, 0.25) is 5.02 Å². The number of aryl methyl sites for hydroxylation is 1. The summed E-state index contributed by atoms with van der Waals surface area (Å²) < 4.78 is 33.6. The van der Waals surface area contributed by atoms with E-state index in [9.17, 15) is 13.2 Å². The first kappa shape index (κ1) is 22.9. The average Bonchev–Trinajstić information content (AvgIpc) is 3.15. The number of aromatic nitrogens is 1. The van der Waals surface area contributed by atoms with Crippen LogP contribution >= 0.6 is 11.6 Å². The molecular formula is C25H23ClN2O4S. The molecule has 33 heavy (non-hydrogen) atoms. The molecule has 1 N–H and O–H groups in total. The molecule has 0 aliphatic carbocycles. The van der Waals surface area contributed by atoms with E-state index in [1.807, 2.05) is 25.1 Å². The number of hydrogen-bond donors (Lipinski definition) is 1.